The van der Waals surface area contributed by atoms with Crippen LogP contribution in [0.4, 0.5) is 78.4 Å². The second-order valence-electron chi connectivity index (χ2n) is 10.1. The summed E-state index contributed by atoms with van der Waals surface area (Å²) in [6, 6.07) is 0. The van der Waals surface area contributed by atoms with Crippen LogP contribution in [0, 0.1) is 0 Å². The Morgan fingerprint density at radius 2 is 0.548 bits per heavy atom. The van der Waals surface area contributed by atoms with Gasteiger partial charge in [0.1, 0.15) is 0 Å². The third kappa shape index (κ3) is 7.03. The molecule has 0 unspecified atom stereocenters. The van der Waals surface area contributed by atoms with E-state index in [1.807, 2.05) is 0 Å². The molecule has 0 saturated carbocycles. The molecule has 0 aliphatic rings. The maximum atomic E-state index is 13.4. The molecule has 260 valence electrons. The van der Waals surface area contributed by atoms with Gasteiger partial charge in [-0.25, -0.2) is 0 Å². The molecule has 0 radical (unpaired) electrons. The first-order chi connectivity index (χ1) is 18.3. The van der Waals surface area contributed by atoms with Crippen LogP contribution in [0.25, 0.3) is 0 Å². The Balaban J connectivity index is 0. The molecule has 0 amide bonds. The molecule has 0 aromatic heterocycles. The first kappa shape index (κ1) is 43.7. The second kappa shape index (κ2) is 13.5. The minimum absolute atomic E-state index is 0.562. The number of rotatable bonds is 15. The normalized spacial score (nSPS) is 16.4. The van der Waals surface area contributed by atoms with Crippen molar-refractivity contribution in [2.45, 2.75) is 115 Å². The number of hydrogen-bond donors (Lipinski definition) is 0. The van der Waals surface area contributed by atoms with Crippen LogP contribution in [0.2, 0.25) is 0 Å². The van der Waals surface area contributed by atoms with E-state index in [-0.39, 0.29) is 0 Å². The van der Waals surface area contributed by atoms with Crippen molar-refractivity contribution >= 4 is 14.1 Å². The molecule has 0 fully saturated rings. The SMILES string of the molecule is CCCC[P+](CCCC)(CCCC)CCCC.FC(F)(F)C(F)(F)[P-](F)(F)(F)(C(F)(F)C(F)(F)F)C(F)(F)C(F)(F)F. The van der Waals surface area contributed by atoms with Crippen molar-refractivity contribution in [3.63, 3.8) is 0 Å². The van der Waals surface area contributed by atoms with Crippen molar-refractivity contribution in [2.24, 2.45) is 0 Å². The van der Waals surface area contributed by atoms with Gasteiger partial charge in [0, 0.05) is 7.26 Å². The molecule has 0 bridgehead atoms. The monoisotopic (exact) mass is 704 g/mol. The molecular formula is C22H36F18P2. The molecule has 0 atom stereocenters. The van der Waals surface area contributed by atoms with E-state index in [4.69, 9.17) is 0 Å². The number of halogens is 18. The second-order valence-corrected chi connectivity index (χ2v) is 18.8. The van der Waals surface area contributed by atoms with E-state index in [1.54, 1.807) is 24.6 Å². The van der Waals surface area contributed by atoms with Crippen LogP contribution in [0.15, 0.2) is 0 Å². The first-order valence-corrected chi connectivity index (χ1v) is 17.7. The molecule has 0 aromatic rings. The van der Waals surface area contributed by atoms with Crippen molar-refractivity contribution in [3.8, 4) is 0 Å². The zero-order valence-corrected chi connectivity index (χ0v) is 25.0. The van der Waals surface area contributed by atoms with E-state index in [9.17, 15) is 78.4 Å². The van der Waals surface area contributed by atoms with Crippen molar-refractivity contribution in [1.29, 1.82) is 0 Å². The van der Waals surface area contributed by atoms with Crippen LogP contribution in [0.1, 0.15) is 79.1 Å². The van der Waals surface area contributed by atoms with Crippen LogP contribution in [-0.2, 0) is 0 Å². The predicted molar refractivity (Wildman–Crippen MR) is 129 cm³/mol. The average Bonchev–Trinajstić information content (AvgIpc) is 2.81. The van der Waals surface area contributed by atoms with E-state index in [1.165, 1.54) is 51.4 Å². The minimum atomic E-state index is -15.0. The summed E-state index contributed by atoms with van der Waals surface area (Å²) in [5.41, 5.74) is -29.3. The van der Waals surface area contributed by atoms with Gasteiger partial charge in [0.2, 0.25) is 0 Å². The van der Waals surface area contributed by atoms with Crippen LogP contribution in [0.5, 0.6) is 0 Å². The van der Waals surface area contributed by atoms with E-state index in [0.29, 0.717) is 0 Å². The zero-order valence-electron chi connectivity index (χ0n) is 23.2. The number of unbranched alkanes of at least 4 members (excludes halogenated alkanes) is 4. The van der Waals surface area contributed by atoms with Crippen molar-refractivity contribution in [2.75, 3.05) is 24.6 Å². The van der Waals surface area contributed by atoms with Gasteiger partial charge in [-0.05, 0) is 25.7 Å². The van der Waals surface area contributed by atoms with E-state index < -0.39 is 49.7 Å². The van der Waals surface area contributed by atoms with Crippen LogP contribution in [-0.4, -0.2) is 60.2 Å². The van der Waals surface area contributed by atoms with Gasteiger partial charge in [0.25, 0.3) is 0 Å². The van der Waals surface area contributed by atoms with E-state index in [0.717, 1.165) is 0 Å². The fourth-order valence-corrected chi connectivity index (χ4v) is 12.0. The average molecular weight is 704 g/mol. The molecule has 0 aliphatic heterocycles. The Labute approximate surface area is 232 Å². The predicted octanol–water partition coefficient (Wildman–Crippen LogP) is 13.4. The van der Waals surface area contributed by atoms with Gasteiger partial charge in [0.15, 0.2) is 0 Å². The summed E-state index contributed by atoms with van der Waals surface area (Å²) in [7, 11) is -0.562. The standard InChI is InChI=1S/C16H36P.C6F18P/c1-5-9-13-17(14-10-6-2,15-11-7-3)16-12-8-4;7-1(8,9)4(16,17)25(22,23,24,5(18,19)2(10,11)12)6(20,21)3(13,14)15/h5-16H2,1-4H3;/q+1;-1. The summed E-state index contributed by atoms with van der Waals surface area (Å²) in [6.45, 7) is -5.58. The first-order valence-electron chi connectivity index (χ1n) is 12.9. The van der Waals surface area contributed by atoms with E-state index in [2.05, 4.69) is 27.7 Å². The maximum absolute atomic E-state index is 15.0. The van der Waals surface area contributed by atoms with Crippen LogP contribution < -0.4 is 0 Å². The van der Waals surface area contributed by atoms with Gasteiger partial charge in [-0.1, -0.05) is 53.4 Å². The molecule has 0 aromatic carbocycles. The van der Waals surface area contributed by atoms with Crippen molar-refractivity contribution in [1.82, 2.24) is 0 Å². The van der Waals surface area contributed by atoms with Crippen LogP contribution in [0.3, 0.4) is 0 Å². The fraction of sp³-hybridized carbons (Fsp3) is 1.00. The molecule has 42 heavy (non-hydrogen) atoms. The Morgan fingerprint density at radius 1 is 0.381 bits per heavy atom. The summed E-state index contributed by atoms with van der Waals surface area (Å²) >= 11 is 0. The quantitative estimate of drug-likeness (QED) is 0.118. The van der Waals surface area contributed by atoms with Crippen molar-refractivity contribution in [3.05, 3.63) is 0 Å². The fourth-order valence-electron chi connectivity index (χ4n) is 3.99. The Bertz CT molecular complexity index is 719. The van der Waals surface area contributed by atoms with E-state index >= 15 is 0 Å². The molecule has 0 rings (SSSR count). The summed E-state index contributed by atoms with van der Waals surface area (Å²) in [5, 5.41) is 0. The number of alkyl halides is 15. The topological polar surface area (TPSA) is 0 Å². The molecule has 20 heteroatoms. The van der Waals surface area contributed by atoms with Gasteiger partial charge in [0.05, 0.1) is 24.6 Å². The molecule has 0 aliphatic carbocycles. The Kier molecular flexibility index (Phi) is 14.1. The van der Waals surface area contributed by atoms with Gasteiger partial charge in [-0.15, -0.1) is 0 Å². The van der Waals surface area contributed by atoms with Gasteiger partial charge in [-0.2, -0.15) is 0 Å². The third-order valence-electron chi connectivity index (χ3n) is 6.77. The summed E-state index contributed by atoms with van der Waals surface area (Å²) in [6.07, 6.45) is -8.17. The summed E-state index contributed by atoms with van der Waals surface area (Å²) < 4.78 is 222. The molecule has 0 spiro atoms. The third-order valence-corrected chi connectivity index (χ3v) is 16.2. The molecule has 0 saturated heterocycles. The molecule has 0 N–H and O–H groups in total. The molecular weight excluding hydrogens is 668 g/mol. The van der Waals surface area contributed by atoms with Gasteiger partial charge < -0.3 is 0 Å². The summed E-state index contributed by atoms with van der Waals surface area (Å²) in [5.74, 6) is 0. The molecule has 0 heterocycles. The van der Waals surface area contributed by atoms with Gasteiger partial charge in [-0.3, -0.25) is 0 Å². The Hall–Kier alpha value is -0.400. The van der Waals surface area contributed by atoms with Crippen LogP contribution >= 0.6 is 14.1 Å². The molecule has 0 nitrogen and oxygen atoms in total. The van der Waals surface area contributed by atoms with Gasteiger partial charge >= 0.3 is 121 Å². The Morgan fingerprint density at radius 3 is 0.667 bits per heavy atom. The zero-order chi connectivity index (χ0) is 34.4. The number of hydrogen-bond acceptors (Lipinski definition) is 0. The summed E-state index contributed by atoms with van der Waals surface area (Å²) in [4.78, 5) is 0. The van der Waals surface area contributed by atoms with Crippen molar-refractivity contribution < 1.29 is 78.4 Å².